The summed E-state index contributed by atoms with van der Waals surface area (Å²) in [6, 6.07) is 2.56. The molecule has 0 unspecified atom stereocenters. The molecule has 0 aliphatic rings. The third kappa shape index (κ3) is 3.76. The fourth-order valence-corrected chi connectivity index (χ4v) is 1.93. The van der Waals surface area contributed by atoms with E-state index in [1.807, 2.05) is 0 Å². The number of anilines is 1. The van der Waals surface area contributed by atoms with Gasteiger partial charge in [-0.05, 0) is 12.1 Å². The zero-order valence-corrected chi connectivity index (χ0v) is 11.5. The van der Waals surface area contributed by atoms with Gasteiger partial charge in [0.1, 0.15) is 5.75 Å². The van der Waals surface area contributed by atoms with Gasteiger partial charge in [-0.3, -0.25) is 4.79 Å². The summed E-state index contributed by atoms with van der Waals surface area (Å²) in [6.07, 6.45) is -0.0217. The number of nitrogen functional groups attached to an aromatic ring is 1. The Morgan fingerprint density at radius 3 is 2.71 bits per heavy atom. The van der Waals surface area contributed by atoms with E-state index in [1.165, 1.54) is 7.11 Å². The molecule has 0 amide bonds. The van der Waals surface area contributed by atoms with E-state index in [1.54, 1.807) is 12.1 Å². The van der Waals surface area contributed by atoms with Gasteiger partial charge in [0.15, 0.2) is 0 Å². The zero-order valence-electron chi connectivity index (χ0n) is 9.14. The first-order valence-corrected chi connectivity index (χ1v) is 5.36. The normalized spacial score (nSPS) is 11.5. The maximum Gasteiger partial charge on any atom is 0.307 e. The lowest BCUT2D eigenvalue weighted by Crippen LogP contribution is -2.17. The third-order valence-electron chi connectivity index (χ3n) is 2.18. The summed E-state index contributed by atoms with van der Waals surface area (Å²) >= 11 is 3.25. The van der Waals surface area contributed by atoms with Crippen LogP contribution < -0.4 is 11.5 Å². The number of phenolic OH excluding ortho intramolecular Hbond substituents is 1. The summed E-state index contributed by atoms with van der Waals surface area (Å²) in [7, 11) is 1.28. The highest BCUT2D eigenvalue weighted by Gasteiger charge is 2.19. The SMILES string of the molecule is COC(=O)C[C@H](N)c1c(Br)ccc(N)c1O.Cl. The first-order valence-electron chi connectivity index (χ1n) is 4.56. The van der Waals surface area contributed by atoms with Gasteiger partial charge in [-0.1, -0.05) is 15.9 Å². The first kappa shape index (κ1) is 16.0. The molecule has 0 saturated carbocycles. The van der Waals surface area contributed by atoms with E-state index in [4.69, 9.17) is 11.5 Å². The highest BCUT2D eigenvalue weighted by molar-refractivity contribution is 9.10. The number of hydrogen-bond acceptors (Lipinski definition) is 5. The van der Waals surface area contributed by atoms with E-state index in [-0.39, 0.29) is 30.3 Å². The molecule has 96 valence electrons. The summed E-state index contributed by atoms with van der Waals surface area (Å²) in [5, 5.41) is 9.75. The van der Waals surface area contributed by atoms with Crippen molar-refractivity contribution in [1.29, 1.82) is 0 Å². The number of rotatable bonds is 3. The van der Waals surface area contributed by atoms with Crippen LogP contribution in [0.2, 0.25) is 0 Å². The summed E-state index contributed by atoms with van der Waals surface area (Å²) in [4.78, 5) is 11.1. The molecule has 0 spiro atoms. The summed E-state index contributed by atoms with van der Waals surface area (Å²) < 4.78 is 5.11. The van der Waals surface area contributed by atoms with Crippen LogP contribution in [0.4, 0.5) is 5.69 Å². The molecule has 0 saturated heterocycles. The van der Waals surface area contributed by atoms with E-state index in [2.05, 4.69) is 20.7 Å². The number of phenols is 1. The monoisotopic (exact) mass is 324 g/mol. The van der Waals surface area contributed by atoms with E-state index < -0.39 is 12.0 Å². The van der Waals surface area contributed by atoms with Crippen LogP contribution in [-0.4, -0.2) is 18.2 Å². The second-order valence-corrected chi connectivity index (χ2v) is 4.14. The minimum atomic E-state index is -0.662. The standard InChI is InChI=1S/C10H13BrN2O3.ClH/c1-16-8(14)4-7(13)9-5(11)2-3-6(12)10(9)15;/h2-3,7,15H,4,12-13H2,1H3;1H/t7-;/m0./s1. The average Bonchev–Trinajstić information content (AvgIpc) is 2.24. The van der Waals surface area contributed by atoms with Crippen LogP contribution in [0.15, 0.2) is 16.6 Å². The fourth-order valence-electron chi connectivity index (χ4n) is 1.32. The largest absolute Gasteiger partial charge is 0.505 e. The second-order valence-electron chi connectivity index (χ2n) is 3.29. The Balaban J connectivity index is 0.00000256. The molecule has 0 radical (unpaired) electrons. The van der Waals surface area contributed by atoms with Crippen LogP contribution >= 0.6 is 28.3 Å². The number of aromatic hydroxyl groups is 1. The molecule has 7 heteroatoms. The van der Waals surface area contributed by atoms with Gasteiger partial charge in [0.25, 0.3) is 0 Å². The van der Waals surface area contributed by atoms with Crippen molar-refractivity contribution in [2.24, 2.45) is 5.73 Å². The molecular formula is C10H14BrClN2O3. The van der Waals surface area contributed by atoms with E-state index in [0.717, 1.165) is 0 Å². The van der Waals surface area contributed by atoms with Gasteiger partial charge in [0.05, 0.1) is 19.2 Å². The number of carbonyl (C=O) groups is 1. The smallest absolute Gasteiger partial charge is 0.307 e. The maximum atomic E-state index is 11.1. The number of benzene rings is 1. The minimum absolute atomic E-state index is 0. The Kier molecular flexibility index (Phi) is 6.30. The number of halogens is 2. The lowest BCUT2D eigenvalue weighted by molar-refractivity contribution is -0.141. The average molecular weight is 326 g/mol. The molecule has 1 rings (SSSR count). The molecule has 1 aromatic carbocycles. The van der Waals surface area contributed by atoms with Crippen molar-refractivity contribution in [2.75, 3.05) is 12.8 Å². The Morgan fingerprint density at radius 2 is 2.18 bits per heavy atom. The van der Waals surface area contributed by atoms with Crippen LogP contribution in [0, 0.1) is 0 Å². The number of ether oxygens (including phenoxy) is 1. The van der Waals surface area contributed by atoms with Gasteiger partial charge in [0, 0.05) is 16.1 Å². The topological polar surface area (TPSA) is 98.6 Å². The molecule has 0 aliphatic carbocycles. The van der Waals surface area contributed by atoms with Crippen LogP contribution in [0.1, 0.15) is 18.0 Å². The Hall–Kier alpha value is -0.980. The second kappa shape index (κ2) is 6.68. The number of esters is 1. The van der Waals surface area contributed by atoms with Crippen molar-refractivity contribution in [3.05, 3.63) is 22.2 Å². The van der Waals surface area contributed by atoms with E-state index in [0.29, 0.717) is 10.0 Å². The first-order chi connectivity index (χ1) is 7.47. The molecular weight excluding hydrogens is 311 g/mol. The highest BCUT2D eigenvalue weighted by Crippen LogP contribution is 2.36. The van der Waals surface area contributed by atoms with Gasteiger partial charge in [-0.15, -0.1) is 12.4 Å². The van der Waals surface area contributed by atoms with E-state index >= 15 is 0 Å². The molecule has 1 aromatic rings. The molecule has 5 nitrogen and oxygen atoms in total. The van der Waals surface area contributed by atoms with Crippen LogP contribution in [0.3, 0.4) is 0 Å². The summed E-state index contributed by atoms with van der Waals surface area (Å²) in [5.41, 5.74) is 12.0. The summed E-state index contributed by atoms with van der Waals surface area (Å²) in [5.74, 6) is -0.549. The number of nitrogens with two attached hydrogens (primary N) is 2. The predicted molar refractivity (Wildman–Crippen MR) is 71.0 cm³/mol. The fraction of sp³-hybridized carbons (Fsp3) is 0.300. The van der Waals surface area contributed by atoms with Crippen molar-refractivity contribution in [1.82, 2.24) is 0 Å². The van der Waals surface area contributed by atoms with Crippen LogP contribution in [0.25, 0.3) is 0 Å². The van der Waals surface area contributed by atoms with Crippen molar-refractivity contribution >= 4 is 40.0 Å². The molecule has 0 bridgehead atoms. The molecule has 1 atom stereocenters. The number of methoxy groups -OCH3 is 1. The van der Waals surface area contributed by atoms with Crippen molar-refractivity contribution < 1.29 is 14.6 Å². The number of carbonyl (C=O) groups excluding carboxylic acids is 1. The molecule has 0 fully saturated rings. The summed E-state index contributed by atoms with van der Waals surface area (Å²) in [6.45, 7) is 0. The quantitative estimate of drug-likeness (QED) is 0.446. The van der Waals surface area contributed by atoms with Gasteiger partial charge < -0.3 is 21.3 Å². The van der Waals surface area contributed by atoms with Gasteiger partial charge in [-0.2, -0.15) is 0 Å². The lowest BCUT2D eigenvalue weighted by Gasteiger charge is -2.15. The molecule has 0 aromatic heterocycles. The van der Waals surface area contributed by atoms with Crippen molar-refractivity contribution in [3.63, 3.8) is 0 Å². The lowest BCUT2D eigenvalue weighted by atomic mass is 10.0. The van der Waals surface area contributed by atoms with Crippen molar-refractivity contribution in [3.8, 4) is 5.75 Å². The minimum Gasteiger partial charge on any atom is -0.505 e. The zero-order chi connectivity index (χ0) is 12.3. The molecule has 17 heavy (non-hydrogen) atoms. The van der Waals surface area contributed by atoms with Gasteiger partial charge >= 0.3 is 5.97 Å². The van der Waals surface area contributed by atoms with E-state index in [9.17, 15) is 9.90 Å². The van der Waals surface area contributed by atoms with Gasteiger partial charge in [0.2, 0.25) is 0 Å². The molecule has 5 N–H and O–H groups in total. The van der Waals surface area contributed by atoms with Gasteiger partial charge in [-0.25, -0.2) is 0 Å². The molecule has 0 heterocycles. The number of hydrogen-bond donors (Lipinski definition) is 3. The molecule has 0 aliphatic heterocycles. The Labute approximate surface area is 114 Å². The van der Waals surface area contributed by atoms with Crippen molar-refractivity contribution in [2.45, 2.75) is 12.5 Å². The Morgan fingerprint density at radius 1 is 1.59 bits per heavy atom. The predicted octanol–water partition coefficient (Wildman–Crippen LogP) is 1.72. The Bertz CT molecular complexity index is 415. The van der Waals surface area contributed by atoms with Crippen LogP contribution in [0.5, 0.6) is 5.75 Å². The maximum absolute atomic E-state index is 11.1. The highest BCUT2D eigenvalue weighted by atomic mass is 79.9. The van der Waals surface area contributed by atoms with Crippen LogP contribution in [-0.2, 0) is 9.53 Å². The third-order valence-corrected chi connectivity index (χ3v) is 2.87.